The van der Waals surface area contributed by atoms with E-state index in [1.165, 1.54) is 0 Å². The molecule has 0 N–H and O–H groups in total. The fraction of sp³-hybridized carbons (Fsp3) is 0. The molecule has 0 aliphatic rings. The zero-order valence-corrected chi connectivity index (χ0v) is 11.0. The Bertz CT molecular complexity index is 817. The highest BCUT2D eigenvalue weighted by atomic mass is 35.5. The summed E-state index contributed by atoms with van der Waals surface area (Å²) >= 11 is 12.1. The molecule has 0 bridgehead atoms. The Balaban J connectivity index is 2.31. The summed E-state index contributed by atoms with van der Waals surface area (Å²) in [5.74, 6) is 0.555. The van der Waals surface area contributed by atoms with Gasteiger partial charge in [-0.2, -0.15) is 5.26 Å². The number of rotatable bonds is 1. The van der Waals surface area contributed by atoms with Crippen molar-refractivity contribution in [1.29, 1.82) is 5.26 Å². The number of pyridine rings is 1. The molecule has 0 unspecified atom stereocenters. The van der Waals surface area contributed by atoms with Crippen molar-refractivity contribution in [2.24, 2.45) is 0 Å². The lowest BCUT2D eigenvalue weighted by molar-refractivity contribution is 1.11. The molecule has 4 nitrogen and oxygen atoms in total. The standard InChI is InChI=1S/C13H6Cl2N4/c14-9-2-3-11(15)10(5-9)13-18-17-12-4-1-8(6-16)7-19(12)13/h1-5,7H. The predicted octanol–water partition coefficient (Wildman–Crippen LogP) is 3.57. The topological polar surface area (TPSA) is 54.0 Å². The number of nitrogens with zero attached hydrogens (tertiary/aromatic N) is 4. The molecule has 0 spiro atoms. The van der Waals surface area contributed by atoms with Crippen molar-refractivity contribution in [1.82, 2.24) is 14.6 Å². The molecule has 0 saturated heterocycles. The molecule has 2 heterocycles. The Kier molecular flexibility index (Phi) is 2.86. The Morgan fingerprint density at radius 1 is 1.11 bits per heavy atom. The minimum atomic E-state index is 0.520. The zero-order valence-electron chi connectivity index (χ0n) is 9.51. The van der Waals surface area contributed by atoms with Crippen LogP contribution in [-0.4, -0.2) is 14.6 Å². The summed E-state index contributed by atoms with van der Waals surface area (Å²) in [4.78, 5) is 0. The van der Waals surface area contributed by atoms with Gasteiger partial charge in [0.15, 0.2) is 11.5 Å². The average molecular weight is 289 g/mol. The molecule has 0 fully saturated rings. The number of benzene rings is 1. The summed E-state index contributed by atoms with van der Waals surface area (Å²) in [7, 11) is 0. The van der Waals surface area contributed by atoms with Crippen LogP contribution < -0.4 is 0 Å². The zero-order chi connectivity index (χ0) is 13.4. The average Bonchev–Trinajstić information content (AvgIpc) is 2.84. The van der Waals surface area contributed by atoms with Gasteiger partial charge in [0, 0.05) is 16.8 Å². The van der Waals surface area contributed by atoms with E-state index < -0.39 is 0 Å². The highest BCUT2D eigenvalue weighted by Gasteiger charge is 2.12. The molecule has 19 heavy (non-hydrogen) atoms. The van der Waals surface area contributed by atoms with Gasteiger partial charge >= 0.3 is 0 Å². The van der Waals surface area contributed by atoms with E-state index in [1.54, 1.807) is 40.9 Å². The molecule has 0 aliphatic heterocycles. The summed E-state index contributed by atoms with van der Waals surface area (Å²) in [5, 5.41) is 18.2. The molecule has 0 aliphatic carbocycles. The van der Waals surface area contributed by atoms with E-state index in [-0.39, 0.29) is 0 Å². The second kappa shape index (κ2) is 4.54. The summed E-state index contributed by atoms with van der Waals surface area (Å²) in [6.45, 7) is 0. The largest absolute Gasteiger partial charge is 0.281 e. The smallest absolute Gasteiger partial charge is 0.169 e. The van der Waals surface area contributed by atoms with Gasteiger partial charge in [0.1, 0.15) is 6.07 Å². The van der Waals surface area contributed by atoms with Crippen LogP contribution in [0.1, 0.15) is 5.56 Å². The van der Waals surface area contributed by atoms with Crippen LogP contribution in [0.25, 0.3) is 17.0 Å². The van der Waals surface area contributed by atoms with E-state index in [1.807, 2.05) is 0 Å². The Morgan fingerprint density at radius 3 is 2.74 bits per heavy atom. The molecule has 0 saturated carbocycles. The third-order valence-electron chi connectivity index (χ3n) is 2.70. The molecule has 3 rings (SSSR count). The number of halogens is 2. The highest BCUT2D eigenvalue weighted by Crippen LogP contribution is 2.29. The molecule has 6 heteroatoms. The van der Waals surface area contributed by atoms with Crippen molar-refractivity contribution in [3.63, 3.8) is 0 Å². The maximum absolute atomic E-state index is 8.94. The first-order chi connectivity index (χ1) is 9.19. The third-order valence-corrected chi connectivity index (χ3v) is 3.27. The van der Waals surface area contributed by atoms with E-state index >= 15 is 0 Å². The summed E-state index contributed by atoms with van der Waals surface area (Å²) < 4.78 is 1.72. The van der Waals surface area contributed by atoms with Gasteiger partial charge in [-0.05, 0) is 30.3 Å². The molecule has 92 valence electrons. The first-order valence-corrected chi connectivity index (χ1v) is 6.15. The van der Waals surface area contributed by atoms with Crippen molar-refractivity contribution in [3.8, 4) is 17.5 Å². The van der Waals surface area contributed by atoms with Crippen LogP contribution in [0.15, 0.2) is 36.5 Å². The number of hydrogen-bond acceptors (Lipinski definition) is 3. The Morgan fingerprint density at radius 2 is 1.95 bits per heavy atom. The van der Waals surface area contributed by atoms with E-state index in [0.717, 1.165) is 0 Å². The van der Waals surface area contributed by atoms with Crippen molar-refractivity contribution >= 4 is 28.8 Å². The van der Waals surface area contributed by atoms with Gasteiger partial charge in [-0.3, -0.25) is 4.40 Å². The molecule has 0 atom stereocenters. The lowest BCUT2D eigenvalue weighted by Crippen LogP contribution is -1.91. The van der Waals surface area contributed by atoms with E-state index in [9.17, 15) is 0 Å². The number of nitriles is 1. The van der Waals surface area contributed by atoms with Gasteiger partial charge in [-0.1, -0.05) is 23.2 Å². The van der Waals surface area contributed by atoms with Crippen LogP contribution in [-0.2, 0) is 0 Å². The third kappa shape index (κ3) is 2.03. The van der Waals surface area contributed by atoms with E-state index in [4.69, 9.17) is 28.5 Å². The second-order valence-electron chi connectivity index (χ2n) is 3.91. The first-order valence-electron chi connectivity index (χ1n) is 5.39. The second-order valence-corrected chi connectivity index (χ2v) is 4.75. The van der Waals surface area contributed by atoms with Crippen LogP contribution in [0, 0.1) is 11.3 Å². The summed E-state index contributed by atoms with van der Waals surface area (Å²) in [5.41, 5.74) is 1.84. The van der Waals surface area contributed by atoms with Gasteiger partial charge in [0.2, 0.25) is 0 Å². The van der Waals surface area contributed by atoms with Gasteiger partial charge < -0.3 is 0 Å². The van der Waals surface area contributed by atoms with Crippen molar-refractivity contribution in [3.05, 3.63) is 52.1 Å². The van der Waals surface area contributed by atoms with Gasteiger partial charge in [0.05, 0.1) is 10.6 Å². The minimum Gasteiger partial charge on any atom is -0.281 e. The summed E-state index contributed by atoms with van der Waals surface area (Å²) in [6.07, 6.45) is 1.67. The molecular formula is C13H6Cl2N4. The lowest BCUT2D eigenvalue weighted by atomic mass is 10.2. The van der Waals surface area contributed by atoms with Gasteiger partial charge in [0.25, 0.3) is 0 Å². The molecular weight excluding hydrogens is 283 g/mol. The monoisotopic (exact) mass is 288 g/mol. The highest BCUT2D eigenvalue weighted by molar-refractivity contribution is 6.35. The normalized spacial score (nSPS) is 10.6. The number of hydrogen-bond donors (Lipinski definition) is 0. The maximum atomic E-state index is 8.94. The lowest BCUT2D eigenvalue weighted by Gasteiger charge is -2.03. The fourth-order valence-corrected chi connectivity index (χ4v) is 2.18. The van der Waals surface area contributed by atoms with Crippen LogP contribution in [0.2, 0.25) is 10.0 Å². The fourth-order valence-electron chi connectivity index (χ4n) is 1.81. The van der Waals surface area contributed by atoms with E-state index in [0.29, 0.717) is 32.6 Å². The van der Waals surface area contributed by atoms with Crippen LogP contribution in [0.5, 0.6) is 0 Å². The van der Waals surface area contributed by atoms with Gasteiger partial charge in [-0.15, -0.1) is 10.2 Å². The van der Waals surface area contributed by atoms with Crippen molar-refractivity contribution in [2.75, 3.05) is 0 Å². The summed E-state index contributed by atoms with van der Waals surface area (Å²) in [6, 6.07) is 10.6. The number of fused-ring (bicyclic) bond motifs is 1. The van der Waals surface area contributed by atoms with Crippen LogP contribution in [0.3, 0.4) is 0 Å². The first kappa shape index (κ1) is 12.0. The van der Waals surface area contributed by atoms with E-state index in [2.05, 4.69) is 16.3 Å². The molecule has 0 amide bonds. The van der Waals surface area contributed by atoms with Crippen molar-refractivity contribution < 1.29 is 0 Å². The number of aromatic nitrogens is 3. The van der Waals surface area contributed by atoms with Crippen LogP contribution in [0.4, 0.5) is 0 Å². The minimum absolute atomic E-state index is 0.520. The molecule has 0 radical (unpaired) electrons. The van der Waals surface area contributed by atoms with Gasteiger partial charge in [-0.25, -0.2) is 0 Å². The maximum Gasteiger partial charge on any atom is 0.169 e. The predicted molar refractivity (Wildman–Crippen MR) is 73.2 cm³/mol. The molecule has 3 aromatic rings. The Labute approximate surface area is 118 Å². The van der Waals surface area contributed by atoms with Crippen molar-refractivity contribution in [2.45, 2.75) is 0 Å². The molecule has 1 aromatic carbocycles. The SMILES string of the molecule is N#Cc1ccc2nnc(-c3cc(Cl)ccc3Cl)n2c1. The molecule has 2 aromatic heterocycles. The Hall–Kier alpha value is -2.09. The quantitative estimate of drug-likeness (QED) is 0.688. The van der Waals surface area contributed by atoms with Crippen LogP contribution >= 0.6 is 23.2 Å².